The molecule has 0 saturated carbocycles. The standard InChI is InChI=1S/C17H28N2O3S/c1-6-12(4)17(5,22)10-18-16(21)14(11(2)3)19-15(20)13-8-7-9-23-13/h7-9,11-12,14,22H,6,10H2,1-5H3,(H,18,21)(H,19,20)/t12-,14+,17+/m0/s1. The van der Waals surface area contributed by atoms with Crippen molar-refractivity contribution in [2.45, 2.75) is 52.7 Å². The smallest absolute Gasteiger partial charge is 0.262 e. The van der Waals surface area contributed by atoms with E-state index in [2.05, 4.69) is 10.6 Å². The highest BCUT2D eigenvalue weighted by Gasteiger charge is 2.30. The molecular formula is C17H28N2O3S. The molecule has 0 aliphatic carbocycles. The van der Waals surface area contributed by atoms with Gasteiger partial charge in [0.2, 0.25) is 5.91 Å². The summed E-state index contributed by atoms with van der Waals surface area (Å²) < 4.78 is 0. The zero-order valence-electron chi connectivity index (χ0n) is 14.6. The van der Waals surface area contributed by atoms with E-state index in [9.17, 15) is 14.7 Å². The number of amides is 2. The van der Waals surface area contributed by atoms with Gasteiger partial charge in [0.25, 0.3) is 5.91 Å². The minimum absolute atomic E-state index is 0.0486. The van der Waals surface area contributed by atoms with Gasteiger partial charge in [-0.25, -0.2) is 0 Å². The maximum atomic E-state index is 12.4. The van der Waals surface area contributed by atoms with E-state index in [1.165, 1.54) is 11.3 Å². The van der Waals surface area contributed by atoms with Crippen LogP contribution in [-0.4, -0.2) is 35.1 Å². The maximum Gasteiger partial charge on any atom is 0.262 e. The number of rotatable bonds is 8. The molecule has 1 heterocycles. The Labute approximate surface area is 142 Å². The number of carbonyl (C=O) groups excluding carboxylic acids is 2. The second kappa shape index (κ2) is 8.45. The minimum atomic E-state index is -0.969. The van der Waals surface area contributed by atoms with Gasteiger partial charge >= 0.3 is 0 Å². The van der Waals surface area contributed by atoms with Crippen LogP contribution >= 0.6 is 11.3 Å². The molecule has 0 unspecified atom stereocenters. The van der Waals surface area contributed by atoms with Crippen molar-refractivity contribution in [3.63, 3.8) is 0 Å². The Balaban J connectivity index is 2.67. The molecule has 1 aromatic rings. The molecule has 0 fully saturated rings. The van der Waals surface area contributed by atoms with Crippen LogP contribution in [0.2, 0.25) is 0 Å². The summed E-state index contributed by atoms with van der Waals surface area (Å²) in [5, 5.41) is 17.8. The SMILES string of the molecule is CC[C@H](C)[C@](C)(O)CNC(=O)[C@H](NC(=O)c1cccs1)C(C)C. The molecule has 0 spiro atoms. The number of hydrogen-bond acceptors (Lipinski definition) is 4. The van der Waals surface area contributed by atoms with E-state index in [4.69, 9.17) is 0 Å². The molecule has 130 valence electrons. The van der Waals surface area contributed by atoms with Gasteiger partial charge in [-0.05, 0) is 30.2 Å². The van der Waals surface area contributed by atoms with Crippen molar-refractivity contribution in [3.05, 3.63) is 22.4 Å². The third kappa shape index (κ3) is 5.62. The summed E-state index contributed by atoms with van der Waals surface area (Å²) >= 11 is 1.34. The Bertz CT molecular complexity index is 512. The van der Waals surface area contributed by atoms with Crippen LogP contribution in [0.5, 0.6) is 0 Å². The van der Waals surface area contributed by atoms with Gasteiger partial charge in [0.15, 0.2) is 0 Å². The fourth-order valence-electron chi connectivity index (χ4n) is 2.15. The average Bonchev–Trinajstić information content (AvgIpc) is 3.03. The van der Waals surface area contributed by atoms with Gasteiger partial charge < -0.3 is 15.7 Å². The lowest BCUT2D eigenvalue weighted by atomic mass is 9.88. The molecule has 3 N–H and O–H groups in total. The van der Waals surface area contributed by atoms with E-state index in [-0.39, 0.29) is 30.2 Å². The van der Waals surface area contributed by atoms with Crippen LogP contribution in [0, 0.1) is 11.8 Å². The highest BCUT2D eigenvalue weighted by Crippen LogP contribution is 2.19. The molecule has 23 heavy (non-hydrogen) atoms. The third-order valence-electron chi connectivity index (χ3n) is 4.28. The van der Waals surface area contributed by atoms with Crippen molar-refractivity contribution >= 4 is 23.2 Å². The molecular weight excluding hydrogens is 312 g/mol. The van der Waals surface area contributed by atoms with Crippen LogP contribution in [0.4, 0.5) is 0 Å². The Morgan fingerprint density at radius 3 is 2.48 bits per heavy atom. The Kier molecular flexibility index (Phi) is 7.22. The first-order valence-electron chi connectivity index (χ1n) is 8.03. The molecule has 1 rings (SSSR count). The summed E-state index contributed by atoms with van der Waals surface area (Å²) in [4.78, 5) is 25.1. The van der Waals surface area contributed by atoms with Crippen LogP contribution < -0.4 is 10.6 Å². The van der Waals surface area contributed by atoms with E-state index < -0.39 is 11.6 Å². The number of hydrogen-bond donors (Lipinski definition) is 3. The van der Waals surface area contributed by atoms with Crippen LogP contribution in [0.1, 0.15) is 50.7 Å². The van der Waals surface area contributed by atoms with Crippen LogP contribution in [0.3, 0.4) is 0 Å². The lowest BCUT2D eigenvalue weighted by Crippen LogP contribution is -2.53. The topological polar surface area (TPSA) is 78.4 Å². The summed E-state index contributed by atoms with van der Waals surface area (Å²) in [7, 11) is 0. The third-order valence-corrected chi connectivity index (χ3v) is 5.14. The van der Waals surface area contributed by atoms with E-state index >= 15 is 0 Å². The molecule has 6 heteroatoms. The molecule has 1 aromatic heterocycles. The molecule has 2 amide bonds. The zero-order valence-corrected chi connectivity index (χ0v) is 15.4. The highest BCUT2D eigenvalue weighted by molar-refractivity contribution is 7.12. The lowest BCUT2D eigenvalue weighted by molar-refractivity contribution is -0.125. The monoisotopic (exact) mass is 340 g/mol. The molecule has 0 aliphatic rings. The normalized spacial score (nSPS) is 16.5. The van der Waals surface area contributed by atoms with E-state index in [1.807, 2.05) is 33.1 Å². The predicted molar refractivity (Wildman–Crippen MR) is 93.5 cm³/mol. The van der Waals surface area contributed by atoms with E-state index in [0.29, 0.717) is 4.88 Å². The second-order valence-corrected chi connectivity index (χ2v) is 7.50. The van der Waals surface area contributed by atoms with Crippen LogP contribution in [0.15, 0.2) is 17.5 Å². The molecule has 3 atom stereocenters. The van der Waals surface area contributed by atoms with Crippen molar-refractivity contribution in [1.29, 1.82) is 0 Å². The molecule has 0 bridgehead atoms. The summed E-state index contributed by atoms with van der Waals surface area (Å²) in [6, 6.07) is 2.90. The Morgan fingerprint density at radius 1 is 1.35 bits per heavy atom. The lowest BCUT2D eigenvalue weighted by Gasteiger charge is -2.31. The second-order valence-electron chi connectivity index (χ2n) is 6.56. The highest BCUT2D eigenvalue weighted by atomic mass is 32.1. The number of thiophene rings is 1. The molecule has 0 radical (unpaired) electrons. The van der Waals surface area contributed by atoms with Crippen molar-refractivity contribution in [2.24, 2.45) is 11.8 Å². The van der Waals surface area contributed by atoms with Crippen LogP contribution in [0.25, 0.3) is 0 Å². The Hall–Kier alpha value is -1.40. The first kappa shape index (κ1) is 19.6. The fourth-order valence-corrected chi connectivity index (χ4v) is 2.77. The minimum Gasteiger partial charge on any atom is -0.388 e. The van der Waals surface area contributed by atoms with Crippen LogP contribution in [-0.2, 0) is 4.79 Å². The summed E-state index contributed by atoms with van der Waals surface area (Å²) in [6.45, 7) is 9.59. The Morgan fingerprint density at radius 2 is 2.00 bits per heavy atom. The van der Waals surface area contributed by atoms with Crippen molar-refractivity contribution in [1.82, 2.24) is 10.6 Å². The fraction of sp³-hybridized carbons (Fsp3) is 0.647. The average molecular weight is 340 g/mol. The molecule has 0 aromatic carbocycles. The van der Waals surface area contributed by atoms with Gasteiger partial charge in [-0.3, -0.25) is 9.59 Å². The van der Waals surface area contributed by atoms with Crippen molar-refractivity contribution in [3.8, 4) is 0 Å². The maximum absolute atomic E-state index is 12.4. The molecule has 0 aliphatic heterocycles. The summed E-state index contributed by atoms with van der Waals surface area (Å²) in [6.07, 6.45) is 0.825. The summed E-state index contributed by atoms with van der Waals surface area (Å²) in [5.41, 5.74) is -0.969. The van der Waals surface area contributed by atoms with E-state index in [1.54, 1.807) is 19.1 Å². The molecule has 0 saturated heterocycles. The number of aliphatic hydroxyl groups is 1. The quantitative estimate of drug-likeness (QED) is 0.680. The van der Waals surface area contributed by atoms with Gasteiger partial charge in [-0.2, -0.15) is 0 Å². The predicted octanol–water partition coefficient (Wildman–Crippen LogP) is 2.42. The van der Waals surface area contributed by atoms with Gasteiger partial charge in [-0.15, -0.1) is 11.3 Å². The van der Waals surface area contributed by atoms with Gasteiger partial charge in [-0.1, -0.05) is 40.2 Å². The first-order valence-corrected chi connectivity index (χ1v) is 8.91. The molecule has 5 nitrogen and oxygen atoms in total. The summed E-state index contributed by atoms with van der Waals surface area (Å²) in [5.74, 6) is -0.496. The van der Waals surface area contributed by atoms with Crippen molar-refractivity contribution in [2.75, 3.05) is 6.54 Å². The number of nitrogens with one attached hydrogen (secondary N) is 2. The zero-order chi connectivity index (χ0) is 17.6. The first-order chi connectivity index (χ1) is 10.7. The van der Waals surface area contributed by atoms with Gasteiger partial charge in [0.1, 0.15) is 6.04 Å². The number of carbonyl (C=O) groups is 2. The van der Waals surface area contributed by atoms with Crippen molar-refractivity contribution < 1.29 is 14.7 Å². The van der Waals surface area contributed by atoms with Gasteiger partial charge in [0.05, 0.1) is 10.5 Å². The van der Waals surface area contributed by atoms with Gasteiger partial charge in [0, 0.05) is 6.54 Å². The largest absolute Gasteiger partial charge is 0.388 e. The van der Waals surface area contributed by atoms with E-state index in [0.717, 1.165) is 6.42 Å².